The molecule has 3 rings (SSSR count). The molecule has 5 nitrogen and oxygen atoms in total. The van der Waals surface area contributed by atoms with Gasteiger partial charge in [-0.05, 0) is 43.4 Å². The van der Waals surface area contributed by atoms with Gasteiger partial charge in [0.05, 0.1) is 11.7 Å². The van der Waals surface area contributed by atoms with Gasteiger partial charge in [0.1, 0.15) is 0 Å². The molecule has 1 aromatic rings. The van der Waals surface area contributed by atoms with Crippen LogP contribution in [0.15, 0.2) is 30.3 Å². The fourth-order valence-corrected chi connectivity index (χ4v) is 4.03. The van der Waals surface area contributed by atoms with Gasteiger partial charge in [-0.2, -0.15) is 0 Å². The van der Waals surface area contributed by atoms with Gasteiger partial charge in [0.15, 0.2) is 0 Å². The Kier molecular flexibility index (Phi) is 6.55. The van der Waals surface area contributed by atoms with Gasteiger partial charge in [-0.15, -0.1) is 0 Å². The third-order valence-electron chi connectivity index (χ3n) is 5.77. The van der Waals surface area contributed by atoms with E-state index in [0.29, 0.717) is 6.54 Å². The van der Waals surface area contributed by atoms with Crippen LogP contribution in [0.5, 0.6) is 0 Å². The van der Waals surface area contributed by atoms with Crippen molar-refractivity contribution in [2.45, 2.75) is 44.3 Å². The standard InChI is InChI=1S/C22H33N3O2/c1-18(26)23-17-21-10-11-22(27-21)12-15-25(16-13-22)14-4-5-19-6-8-20(9-7-19)24(2)3/h4-9,21H,10-17H2,1-3H3,(H,23,26)/b5-4+. The predicted molar refractivity (Wildman–Crippen MR) is 111 cm³/mol. The Morgan fingerprint density at radius 3 is 2.59 bits per heavy atom. The van der Waals surface area contributed by atoms with Gasteiger partial charge in [-0.3, -0.25) is 9.69 Å². The minimum Gasteiger partial charge on any atom is -0.378 e. The summed E-state index contributed by atoms with van der Waals surface area (Å²) >= 11 is 0. The van der Waals surface area contributed by atoms with Gasteiger partial charge in [-0.25, -0.2) is 0 Å². The molecular weight excluding hydrogens is 338 g/mol. The van der Waals surface area contributed by atoms with E-state index in [1.54, 1.807) is 6.92 Å². The van der Waals surface area contributed by atoms with Crippen molar-refractivity contribution in [3.63, 3.8) is 0 Å². The number of benzene rings is 1. The summed E-state index contributed by atoms with van der Waals surface area (Å²) < 4.78 is 6.33. The molecule has 1 N–H and O–H groups in total. The van der Waals surface area contributed by atoms with Gasteiger partial charge < -0.3 is 15.0 Å². The van der Waals surface area contributed by atoms with E-state index in [2.05, 4.69) is 65.6 Å². The lowest BCUT2D eigenvalue weighted by molar-refractivity contribution is -0.120. The first-order chi connectivity index (χ1) is 13.0. The molecule has 0 bridgehead atoms. The highest BCUT2D eigenvalue weighted by atomic mass is 16.5. The second kappa shape index (κ2) is 8.89. The van der Waals surface area contributed by atoms with Crippen LogP contribution in [0.4, 0.5) is 5.69 Å². The molecular formula is C22H33N3O2. The molecule has 1 unspecified atom stereocenters. The molecule has 0 saturated carbocycles. The third-order valence-corrected chi connectivity index (χ3v) is 5.77. The van der Waals surface area contributed by atoms with Gasteiger partial charge >= 0.3 is 0 Å². The van der Waals surface area contributed by atoms with Crippen LogP contribution in [0.25, 0.3) is 6.08 Å². The SMILES string of the molecule is CC(=O)NCC1CCC2(CCN(C/C=C/c3ccc(N(C)C)cc3)CC2)O1. The average Bonchev–Trinajstić information content (AvgIpc) is 3.05. The van der Waals surface area contributed by atoms with E-state index in [9.17, 15) is 4.79 Å². The Labute approximate surface area is 163 Å². The maximum Gasteiger partial charge on any atom is 0.216 e. The van der Waals surface area contributed by atoms with Crippen molar-refractivity contribution in [3.05, 3.63) is 35.9 Å². The highest BCUT2D eigenvalue weighted by Crippen LogP contribution is 2.38. The van der Waals surface area contributed by atoms with Crippen molar-refractivity contribution in [2.24, 2.45) is 0 Å². The summed E-state index contributed by atoms with van der Waals surface area (Å²) in [5.41, 5.74) is 2.52. The van der Waals surface area contributed by atoms with Crippen LogP contribution in [0.3, 0.4) is 0 Å². The van der Waals surface area contributed by atoms with Crippen LogP contribution in [0, 0.1) is 0 Å². The summed E-state index contributed by atoms with van der Waals surface area (Å²) in [6.07, 6.45) is 9.02. The zero-order chi connectivity index (χ0) is 19.3. The van der Waals surface area contributed by atoms with E-state index >= 15 is 0 Å². The van der Waals surface area contributed by atoms with Crippen LogP contribution in [0.1, 0.15) is 38.2 Å². The fourth-order valence-electron chi connectivity index (χ4n) is 4.03. The topological polar surface area (TPSA) is 44.8 Å². The van der Waals surface area contributed by atoms with Crippen molar-refractivity contribution < 1.29 is 9.53 Å². The third kappa shape index (κ3) is 5.56. The molecule has 2 saturated heterocycles. The molecule has 1 atom stereocenters. The van der Waals surface area contributed by atoms with Crippen molar-refractivity contribution in [2.75, 3.05) is 45.2 Å². The summed E-state index contributed by atoms with van der Waals surface area (Å²) in [4.78, 5) is 15.7. The van der Waals surface area contributed by atoms with Crippen LogP contribution in [-0.2, 0) is 9.53 Å². The summed E-state index contributed by atoms with van der Waals surface area (Å²) in [6.45, 7) is 5.36. The number of rotatable bonds is 6. The van der Waals surface area contributed by atoms with Crippen LogP contribution in [-0.4, -0.2) is 62.8 Å². The number of hydrogen-bond acceptors (Lipinski definition) is 4. The zero-order valence-electron chi connectivity index (χ0n) is 16.9. The van der Waals surface area contributed by atoms with Crippen LogP contribution < -0.4 is 10.2 Å². The molecule has 2 aliphatic heterocycles. The number of carbonyl (C=O) groups excluding carboxylic acids is 1. The molecule has 27 heavy (non-hydrogen) atoms. The first-order valence-corrected chi connectivity index (χ1v) is 10.0. The maximum absolute atomic E-state index is 11.1. The summed E-state index contributed by atoms with van der Waals surface area (Å²) in [5, 5.41) is 2.89. The summed E-state index contributed by atoms with van der Waals surface area (Å²) in [5.74, 6) is 0.0255. The second-order valence-corrected chi connectivity index (χ2v) is 8.09. The highest BCUT2D eigenvalue weighted by Gasteiger charge is 2.42. The quantitative estimate of drug-likeness (QED) is 0.835. The van der Waals surface area contributed by atoms with E-state index in [-0.39, 0.29) is 17.6 Å². The minimum absolute atomic E-state index is 0.0255. The van der Waals surface area contributed by atoms with E-state index in [1.807, 2.05) is 0 Å². The number of nitrogens with zero attached hydrogens (tertiary/aromatic N) is 2. The van der Waals surface area contributed by atoms with E-state index in [0.717, 1.165) is 45.3 Å². The Hall–Kier alpha value is -1.85. The maximum atomic E-state index is 11.1. The number of anilines is 1. The number of piperidine rings is 1. The van der Waals surface area contributed by atoms with E-state index in [1.165, 1.54) is 11.3 Å². The number of hydrogen-bond donors (Lipinski definition) is 1. The molecule has 0 radical (unpaired) electrons. The van der Waals surface area contributed by atoms with Crippen molar-refractivity contribution in [3.8, 4) is 0 Å². The lowest BCUT2D eigenvalue weighted by Crippen LogP contribution is -2.45. The molecule has 0 aromatic heterocycles. The molecule has 2 heterocycles. The van der Waals surface area contributed by atoms with Crippen molar-refractivity contribution in [1.29, 1.82) is 0 Å². The largest absolute Gasteiger partial charge is 0.378 e. The molecule has 2 fully saturated rings. The number of ether oxygens (including phenoxy) is 1. The second-order valence-electron chi connectivity index (χ2n) is 8.09. The Bertz CT molecular complexity index is 646. The molecule has 1 spiro atoms. The Morgan fingerprint density at radius 1 is 1.26 bits per heavy atom. The monoisotopic (exact) mass is 371 g/mol. The first-order valence-electron chi connectivity index (χ1n) is 10.0. The molecule has 1 amide bonds. The molecule has 0 aliphatic carbocycles. The Balaban J connectivity index is 1.41. The number of likely N-dealkylation sites (tertiary alicyclic amines) is 1. The van der Waals surface area contributed by atoms with E-state index < -0.39 is 0 Å². The number of nitrogens with one attached hydrogen (secondary N) is 1. The summed E-state index contributed by atoms with van der Waals surface area (Å²) in [7, 11) is 4.12. The normalized spacial score (nSPS) is 22.4. The lowest BCUT2D eigenvalue weighted by Gasteiger charge is -2.38. The van der Waals surface area contributed by atoms with Crippen LogP contribution >= 0.6 is 0 Å². The predicted octanol–water partition coefficient (Wildman–Crippen LogP) is 2.92. The molecule has 1 aromatic carbocycles. The zero-order valence-corrected chi connectivity index (χ0v) is 16.9. The molecule has 148 valence electrons. The van der Waals surface area contributed by atoms with Crippen molar-refractivity contribution >= 4 is 17.7 Å². The number of amides is 1. The fraction of sp³-hybridized carbons (Fsp3) is 0.591. The number of carbonyl (C=O) groups is 1. The van der Waals surface area contributed by atoms with Crippen molar-refractivity contribution in [1.82, 2.24) is 10.2 Å². The average molecular weight is 372 g/mol. The Morgan fingerprint density at radius 2 is 1.96 bits per heavy atom. The highest BCUT2D eigenvalue weighted by molar-refractivity contribution is 5.72. The minimum atomic E-state index is 0.0255. The lowest BCUT2D eigenvalue weighted by atomic mass is 9.88. The van der Waals surface area contributed by atoms with Gasteiger partial charge in [0.2, 0.25) is 5.91 Å². The van der Waals surface area contributed by atoms with Crippen LogP contribution in [0.2, 0.25) is 0 Å². The summed E-state index contributed by atoms with van der Waals surface area (Å²) in [6, 6.07) is 8.63. The van der Waals surface area contributed by atoms with E-state index in [4.69, 9.17) is 4.74 Å². The van der Waals surface area contributed by atoms with Gasteiger partial charge in [0, 0.05) is 52.9 Å². The first kappa shape index (κ1) is 19.9. The molecule has 2 aliphatic rings. The van der Waals surface area contributed by atoms with Gasteiger partial charge in [-0.1, -0.05) is 24.3 Å². The molecule has 5 heteroatoms. The smallest absolute Gasteiger partial charge is 0.216 e. The van der Waals surface area contributed by atoms with Gasteiger partial charge in [0.25, 0.3) is 0 Å².